The average molecular weight is 449 g/mol. The van der Waals surface area contributed by atoms with E-state index in [9.17, 15) is 9.59 Å². The fourth-order valence-corrected chi connectivity index (χ4v) is 2.79. The minimum atomic E-state index is -1.14. The highest BCUT2D eigenvalue weighted by molar-refractivity contribution is 9.10. The molecule has 29 heavy (non-hydrogen) atoms. The standard InChI is InChI=1S/C24H17BrO4/c1-28-24(27)22(19-13-15-21(25)16-14-19)29-23(26)20-11-9-18(10-12-20)8-7-17-5-3-2-4-6-17/h2-6,9-16,22H,1H3. The Morgan fingerprint density at radius 1 is 0.828 bits per heavy atom. The van der Waals surface area contributed by atoms with E-state index in [1.807, 2.05) is 30.3 Å². The molecule has 1 atom stereocenters. The summed E-state index contributed by atoms with van der Waals surface area (Å²) in [5, 5.41) is 0. The van der Waals surface area contributed by atoms with Crippen LogP contribution in [0.2, 0.25) is 0 Å². The Morgan fingerprint density at radius 3 is 2.00 bits per heavy atom. The van der Waals surface area contributed by atoms with E-state index < -0.39 is 18.0 Å². The van der Waals surface area contributed by atoms with Crippen LogP contribution in [0.4, 0.5) is 0 Å². The van der Waals surface area contributed by atoms with E-state index in [4.69, 9.17) is 9.47 Å². The van der Waals surface area contributed by atoms with Gasteiger partial charge in [0.25, 0.3) is 0 Å². The zero-order chi connectivity index (χ0) is 20.6. The molecule has 0 aliphatic rings. The molecule has 3 aromatic carbocycles. The van der Waals surface area contributed by atoms with Gasteiger partial charge >= 0.3 is 11.9 Å². The van der Waals surface area contributed by atoms with Gasteiger partial charge in [0.1, 0.15) is 0 Å². The lowest BCUT2D eigenvalue weighted by atomic mass is 10.1. The molecule has 4 nitrogen and oxygen atoms in total. The van der Waals surface area contributed by atoms with Crippen LogP contribution >= 0.6 is 15.9 Å². The molecular formula is C24H17BrO4. The first-order valence-electron chi connectivity index (χ1n) is 8.78. The summed E-state index contributed by atoms with van der Waals surface area (Å²) in [6.45, 7) is 0. The summed E-state index contributed by atoms with van der Waals surface area (Å²) in [5.41, 5.74) is 2.52. The number of halogens is 1. The Bertz CT molecular complexity index is 1050. The largest absolute Gasteiger partial charge is 0.466 e. The number of hydrogen-bond acceptors (Lipinski definition) is 4. The molecular weight excluding hydrogens is 432 g/mol. The molecule has 0 radical (unpaired) electrons. The van der Waals surface area contributed by atoms with Crippen molar-refractivity contribution in [3.63, 3.8) is 0 Å². The molecule has 0 saturated heterocycles. The van der Waals surface area contributed by atoms with E-state index in [0.29, 0.717) is 11.1 Å². The van der Waals surface area contributed by atoms with Crippen LogP contribution in [-0.4, -0.2) is 19.0 Å². The van der Waals surface area contributed by atoms with Gasteiger partial charge in [-0.2, -0.15) is 0 Å². The van der Waals surface area contributed by atoms with Gasteiger partial charge in [-0.3, -0.25) is 0 Å². The zero-order valence-electron chi connectivity index (χ0n) is 15.6. The van der Waals surface area contributed by atoms with Gasteiger partial charge in [0.15, 0.2) is 0 Å². The van der Waals surface area contributed by atoms with Crippen LogP contribution in [-0.2, 0) is 14.3 Å². The number of ether oxygens (including phenoxy) is 2. The fraction of sp³-hybridized carbons (Fsp3) is 0.0833. The summed E-state index contributed by atoms with van der Waals surface area (Å²) in [6.07, 6.45) is -1.14. The summed E-state index contributed by atoms with van der Waals surface area (Å²) in [5.74, 6) is 4.84. The quantitative estimate of drug-likeness (QED) is 0.419. The molecule has 0 N–H and O–H groups in total. The van der Waals surface area contributed by atoms with Gasteiger partial charge in [-0.25, -0.2) is 9.59 Å². The van der Waals surface area contributed by atoms with Crippen LogP contribution in [0.1, 0.15) is 33.2 Å². The molecule has 0 fully saturated rings. The van der Waals surface area contributed by atoms with Crippen LogP contribution in [0.25, 0.3) is 0 Å². The van der Waals surface area contributed by atoms with E-state index >= 15 is 0 Å². The topological polar surface area (TPSA) is 52.6 Å². The van der Waals surface area contributed by atoms with Gasteiger partial charge < -0.3 is 9.47 Å². The maximum atomic E-state index is 12.5. The number of rotatable bonds is 4. The lowest BCUT2D eigenvalue weighted by molar-refractivity contribution is -0.151. The molecule has 0 aromatic heterocycles. The third-order valence-electron chi connectivity index (χ3n) is 4.06. The molecule has 5 heteroatoms. The maximum Gasteiger partial charge on any atom is 0.351 e. The van der Waals surface area contributed by atoms with Gasteiger partial charge in [-0.1, -0.05) is 58.1 Å². The van der Waals surface area contributed by atoms with Gasteiger partial charge in [0, 0.05) is 21.2 Å². The second-order valence-corrected chi connectivity index (χ2v) is 6.97. The number of hydrogen-bond donors (Lipinski definition) is 0. The third kappa shape index (κ3) is 5.56. The van der Waals surface area contributed by atoms with Crippen molar-refractivity contribution in [2.24, 2.45) is 0 Å². The Balaban J connectivity index is 1.74. The maximum absolute atomic E-state index is 12.5. The van der Waals surface area contributed by atoms with E-state index in [0.717, 1.165) is 15.6 Å². The van der Waals surface area contributed by atoms with Crippen molar-refractivity contribution in [2.75, 3.05) is 7.11 Å². The van der Waals surface area contributed by atoms with Gasteiger partial charge in [0.05, 0.1) is 12.7 Å². The summed E-state index contributed by atoms with van der Waals surface area (Å²) in [4.78, 5) is 24.6. The molecule has 0 heterocycles. The highest BCUT2D eigenvalue weighted by atomic mass is 79.9. The Labute approximate surface area is 177 Å². The first kappa shape index (κ1) is 20.4. The zero-order valence-corrected chi connectivity index (χ0v) is 17.2. The fourth-order valence-electron chi connectivity index (χ4n) is 2.53. The van der Waals surface area contributed by atoms with Crippen molar-refractivity contribution >= 4 is 27.9 Å². The van der Waals surface area contributed by atoms with Gasteiger partial charge in [0.2, 0.25) is 6.10 Å². The monoisotopic (exact) mass is 448 g/mol. The van der Waals surface area contributed by atoms with Crippen LogP contribution in [0.15, 0.2) is 83.3 Å². The predicted octanol–water partition coefficient (Wildman–Crippen LogP) is 4.92. The molecule has 3 aromatic rings. The molecule has 0 spiro atoms. The first-order valence-corrected chi connectivity index (χ1v) is 9.57. The van der Waals surface area contributed by atoms with E-state index in [2.05, 4.69) is 27.8 Å². The summed E-state index contributed by atoms with van der Waals surface area (Å²) in [7, 11) is 1.25. The SMILES string of the molecule is COC(=O)C(OC(=O)c1ccc(C#Cc2ccccc2)cc1)c1ccc(Br)cc1. The number of benzene rings is 3. The molecule has 0 amide bonds. The smallest absolute Gasteiger partial charge is 0.351 e. The Morgan fingerprint density at radius 2 is 1.41 bits per heavy atom. The van der Waals surface area contributed by atoms with Crippen LogP contribution in [0, 0.1) is 11.8 Å². The minimum Gasteiger partial charge on any atom is -0.466 e. The molecule has 0 bridgehead atoms. The van der Waals surface area contributed by atoms with Crippen molar-refractivity contribution in [3.8, 4) is 11.8 Å². The minimum absolute atomic E-state index is 0.321. The normalized spacial score (nSPS) is 11.0. The Kier molecular flexibility index (Phi) is 6.83. The lowest BCUT2D eigenvalue weighted by Gasteiger charge is -2.16. The molecule has 1 unspecified atom stereocenters. The molecule has 144 valence electrons. The first-order chi connectivity index (χ1) is 14.1. The number of carbonyl (C=O) groups excluding carboxylic acids is 2. The van der Waals surface area contributed by atoms with Crippen LogP contribution < -0.4 is 0 Å². The molecule has 0 saturated carbocycles. The number of esters is 2. The van der Waals surface area contributed by atoms with Crippen molar-refractivity contribution in [3.05, 3.63) is 106 Å². The number of carbonyl (C=O) groups is 2. The van der Waals surface area contributed by atoms with E-state index in [-0.39, 0.29) is 0 Å². The van der Waals surface area contributed by atoms with E-state index in [1.165, 1.54) is 7.11 Å². The van der Waals surface area contributed by atoms with Crippen molar-refractivity contribution in [1.29, 1.82) is 0 Å². The summed E-state index contributed by atoms with van der Waals surface area (Å²) < 4.78 is 11.1. The molecule has 0 aliphatic carbocycles. The highest BCUT2D eigenvalue weighted by Crippen LogP contribution is 2.23. The second-order valence-electron chi connectivity index (χ2n) is 6.05. The van der Waals surface area contributed by atoms with Crippen LogP contribution in [0.3, 0.4) is 0 Å². The van der Waals surface area contributed by atoms with Gasteiger partial charge in [-0.15, -0.1) is 0 Å². The van der Waals surface area contributed by atoms with Crippen LogP contribution in [0.5, 0.6) is 0 Å². The Hall–Kier alpha value is -3.36. The molecule has 0 aliphatic heterocycles. The van der Waals surface area contributed by atoms with E-state index in [1.54, 1.807) is 48.5 Å². The number of methoxy groups -OCH3 is 1. The summed E-state index contributed by atoms with van der Waals surface area (Å²) >= 11 is 3.34. The second kappa shape index (κ2) is 9.72. The summed E-state index contributed by atoms with van der Waals surface area (Å²) in [6, 6.07) is 23.3. The van der Waals surface area contributed by atoms with Crippen molar-refractivity contribution in [1.82, 2.24) is 0 Å². The third-order valence-corrected chi connectivity index (χ3v) is 4.59. The average Bonchev–Trinajstić information content (AvgIpc) is 2.77. The molecule has 3 rings (SSSR count). The highest BCUT2D eigenvalue weighted by Gasteiger charge is 2.26. The van der Waals surface area contributed by atoms with Crippen molar-refractivity contribution in [2.45, 2.75) is 6.10 Å². The van der Waals surface area contributed by atoms with Gasteiger partial charge in [-0.05, 0) is 48.5 Å². The van der Waals surface area contributed by atoms with Crippen molar-refractivity contribution < 1.29 is 19.1 Å². The predicted molar refractivity (Wildman–Crippen MR) is 113 cm³/mol. The lowest BCUT2D eigenvalue weighted by Crippen LogP contribution is -2.21.